The van der Waals surface area contributed by atoms with E-state index in [2.05, 4.69) is 5.32 Å². The van der Waals surface area contributed by atoms with Crippen LogP contribution in [0.2, 0.25) is 0 Å². The Bertz CT molecular complexity index is 1680. The first-order chi connectivity index (χ1) is 21.7. The molecule has 1 aliphatic rings. The molecule has 0 heterocycles. The fourth-order valence-electron chi connectivity index (χ4n) is 5.56. The predicted molar refractivity (Wildman–Crippen MR) is 169 cm³/mol. The average molecular weight is 632 g/mol. The Balaban J connectivity index is 1.55. The zero-order valence-electron chi connectivity index (χ0n) is 24.7. The van der Waals surface area contributed by atoms with Crippen molar-refractivity contribution >= 4 is 27.5 Å². The van der Waals surface area contributed by atoms with E-state index in [1.165, 1.54) is 53.4 Å². The third-order valence-electron chi connectivity index (χ3n) is 7.96. The largest absolute Gasteiger partial charge is 0.352 e. The van der Waals surface area contributed by atoms with E-state index in [0.717, 1.165) is 47.7 Å². The smallest absolute Gasteiger partial charge is 0.264 e. The number of carbonyl (C=O) groups is 2. The Kier molecular flexibility index (Phi) is 10.2. The molecule has 5 rings (SSSR count). The highest BCUT2D eigenvalue weighted by Gasteiger charge is 2.35. The van der Waals surface area contributed by atoms with Crippen LogP contribution in [0.25, 0.3) is 0 Å². The quantitative estimate of drug-likeness (QED) is 0.212. The normalized spacial score (nSPS) is 14.1. The van der Waals surface area contributed by atoms with Gasteiger partial charge in [-0.15, -0.1) is 0 Å². The van der Waals surface area contributed by atoms with Crippen LogP contribution in [0.3, 0.4) is 0 Å². The van der Waals surface area contributed by atoms with E-state index in [0.29, 0.717) is 5.56 Å². The number of sulfonamides is 1. The second-order valence-corrected chi connectivity index (χ2v) is 13.0. The number of amides is 2. The number of nitrogens with zero attached hydrogens (tertiary/aromatic N) is 2. The van der Waals surface area contributed by atoms with Crippen molar-refractivity contribution in [1.29, 1.82) is 0 Å². The molecule has 1 saturated carbocycles. The molecule has 0 saturated heterocycles. The van der Waals surface area contributed by atoms with Crippen LogP contribution in [-0.2, 0) is 32.6 Å². The van der Waals surface area contributed by atoms with E-state index in [9.17, 15) is 26.8 Å². The van der Waals surface area contributed by atoms with E-state index < -0.39 is 40.2 Å². The Labute approximate surface area is 262 Å². The topological polar surface area (TPSA) is 86.8 Å². The third-order valence-corrected chi connectivity index (χ3v) is 9.75. The number of anilines is 1. The molecule has 7 nitrogen and oxygen atoms in total. The van der Waals surface area contributed by atoms with Crippen LogP contribution < -0.4 is 9.62 Å². The van der Waals surface area contributed by atoms with Crippen LogP contribution in [0.15, 0.2) is 114 Å². The number of benzene rings is 4. The summed E-state index contributed by atoms with van der Waals surface area (Å²) in [6.45, 7) is -0.733. The van der Waals surface area contributed by atoms with E-state index in [1.807, 2.05) is 30.3 Å². The molecule has 10 heteroatoms. The lowest BCUT2D eigenvalue weighted by atomic mass is 10.0. The molecule has 0 aromatic heterocycles. The highest BCUT2D eigenvalue weighted by Crippen LogP contribution is 2.26. The maximum Gasteiger partial charge on any atom is 0.264 e. The minimum absolute atomic E-state index is 0.0206. The lowest BCUT2D eigenvalue weighted by molar-refractivity contribution is -0.140. The van der Waals surface area contributed by atoms with Gasteiger partial charge in [-0.2, -0.15) is 0 Å². The molecule has 1 fully saturated rings. The summed E-state index contributed by atoms with van der Waals surface area (Å²) < 4.78 is 56.5. The Morgan fingerprint density at radius 1 is 0.756 bits per heavy atom. The average Bonchev–Trinajstić information content (AvgIpc) is 3.57. The van der Waals surface area contributed by atoms with Crippen molar-refractivity contribution in [3.8, 4) is 0 Å². The zero-order chi connectivity index (χ0) is 31.8. The molecule has 4 aromatic carbocycles. The fourth-order valence-corrected chi connectivity index (χ4v) is 7.00. The molecule has 0 bridgehead atoms. The predicted octanol–water partition coefficient (Wildman–Crippen LogP) is 5.86. The minimum Gasteiger partial charge on any atom is -0.352 e. The fraction of sp³-hybridized carbons (Fsp3) is 0.257. The SMILES string of the molecule is O=C(NC1CCCC1)C(Cc1ccccc1)N(Cc1ccc(F)cc1)C(=O)CN(c1ccc(F)cc1)S(=O)(=O)c1ccccc1. The first-order valence-corrected chi connectivity index (χ1v) is 16.4. The Morgan fingerprint density at radius 3 is 1.91 bits per heavy atom. The number of hydrogen-bond donors (Lipinski definition) is 1. The standard InChI is InChI=1S/C35H35F2N3O4S/c36-28-17-15-27(16-18-28)24-39(33(23-26-9-3-1-4-10-26)35(42)38-30-11-7-8-12-30)34(41)25-40(31-21-19-29(37)20-22-31)45(43,44)32-13-5-2-6-14-32/h1-6,9-10,13-22,30,33H,7-8,11-12,23-25H2,(H,38,42). The van der Waals surface area contributed by atoms with Gasteiger partial charge < -0.3 is 10.2 Å². The van der Waals surface area contributed by atoms with Crippen molar-refractivity contribution < 1.29 is 26.8 Å². The minimum atomic E-state index is -4.28. The van der Waals surface area contributed by atoms with Gasteiger partial charge in [0.15, 0.2) is 0 Å². The van der Waals surface area contributed by atoms with Gasteiger partial charge in [-0.05, 0) is 72.5 Å². The number of rotatable bonds is 12. The lowest BCUT2D eigenvalue weighted by Gasteiger charge is -2.34. The summed E-state index contributed by atoms with van der Waals surface area (Å²) in [6.07, 6.45) is 3.84. The monoisotopic (exact) mass is 631 g/mol. The van der Waals surface area contributed by atoms with E-state index in [1.54, 1.807) is 18.2 Å². The molecule has 0 spiro atoms. The van der Waals surface area contributed by atoms with Crippen LogP contribution in [0, 0.1) is 11.6 Å². The molecule has 0 aliphatic heterocycles. The molecular formula is C35H35F2N3O4S. The van der Waals surface area contributed by atoms with Gasteiger partial charge >= 0.3 is 0 Å². The molecule has 234 valence electrons. The highest BCUT2D eigenvalue weighted by molar-refractivity contribution is 7.92. The van der Waals surface area contributed by atoms with Gasteiger partial charge in [0.05, 0.1) is 10.6 Å². The molecule has 45 heavy (non-hydrogen) atoms. The van der Waals surface area contributed by atoms with Crippen LogP contribution in [-0.4, -0.2) is 43.8 Å². The molecule has 1 aliphatic carbocycles. The molecule has 1 atom stereocenters. The van der Waals surface area contributed by atoms with Crippen LogP contribution in [0.5, 0.6) is 0 Å². The van der Waals surface area contributed by atoms with Gasteiger partial charge in [-0.3, -0.25) is 13.9 Å². The zero-order valence-corrected chi connectivity index (χ0v) is 25.5. The van der Waals surface area contributed by atoms with Gasteiger partial charge in [0.1, 0.15) is 24.2 Å². The summed E-state index contributed by atoms with van der Waals surface area (Å²) in [4.78, 5) is 29.7. The maximum atomic E-state index is 14.4. The summed E-state index contributed by atoms with van der Waals surface area (Å²) in [5.41, 5.74) is 1.47. The lowest BCUT2D eigenvalue weighted by Crippen LogP contribution is -2.54. The van der Waals surface area contributed by atoms with Crippen LogP contribution >= 0.6 is 0 Å². The van der Waals surface area contributed by atoms with Crippen molar-refractivity contribution in [3.05, 3.63) is 132 Å². The molecule has 0 radical (unpaired) electrons. The van der Waals surface area contributed by atoms with Gasteiger partial charge in [0, 0.05) is 19.0 Å². The van der Waals surface area contributed by atoms with E-state index in [4.69, 9.17) is 0 Å². The Morgan fingerprint density at radius 2 is 1.31 bits per heavy atom. The molecule has 4 aromatic rings. The van der Waals surface area contributed by atoms with Gasteiger partial charge in [-0.1, -0.05) is 73.5 Å². The molecular weight excluding hydrogens is 596 g/mol. The van der Waals surface area contributed by atoms with Gasteiger partial charge in [-0.25, -0.2) is 17.2 Å². The summed E-state index contributed by atoms with van der Waals surface area (Å²) in [7, 11) is -4.28. The molecule has 1 N–H and O–H groups in total. The third kappa shape index (κ3) is 8.13. The van der Waals surface area contributed by atoms with E-state index >= 15 is 0 Å². The van der Waals surface area contributed by atoms with Crippen molar-refractivity contribution in [2.75, 3.05) is 10.8 Å². The van der Waals surface area contributed by atoms with E-state index in [-0.39, 0.29) is 35.5 Å². The highest BCUT2D eigenvalue weighted by atomic mass is 32.2. The van der Waals surface area contributed by atoms with Crippen molar-refractivity contribution in [2.24, 2.45) is 0 Å². The molecule has 2 amide bonds. The summed E-state index contributed by atoms with van der Waals surface area (Å²) >= 11 is 0. The van der Waals surface area contributed by atoms with Crippen molar-refractivity contribution in [1.82, 2.24) is 10.2 Å². The first kappa shape index (κ1) is 31.8. The van der Waals surface area contributed by atoms with Crippen molar-refractivity contribution in [3.63, 3.8) is 0 Å². The second-order valence-electron chi connectivity index (χ2n) is 11.1. The maximum absolute atomic E-state index is 14.4. The van der Waals surface area contributed by atoms with Crippen molar-refractivity contribution in [2.45, 2.75) is 55.6 Å². The van der Waals surface area contributed by atoms with Gasteiger partial charge in [0.2, 0.25) is 11.8 Å². The number of nitrogens with one attached hydrogen (secondary N) is 1. The summed E-state index contributed by atoms with van der Waals surface area (Å²) in [5.74, 6) is -2.01. The number of hydrogen-bond acceptors (Lipinski definition) is 4. The Hall–Kier alpha value is -4.57. The van der Waals surface area contributed by atoms with Crippen LogP contribution in [0.1, 0.15) is 36.8 Å². The molecule has 1 unspecified atom stereocenters. The second kappa shape index (κ2) is 14.5. The number of carbonyl (C=O) groups excluding carboxylic acids is 2. The van der Waals surface area contributed by atoms with Gasteiger partial charge in [0.25, 0.3) is 10.0 Å². The summed E-state index contributed by atoms with van der Waals surface area (Å²) in [5, 5.41) is 3.11. The first-order valence-electron chi connectivity index (χ1n) is 14.9. The van der Waals surface area contributed by atoms with Crippen LogP contribution in [0.4, 0.5) is 14.5 Å². The summed E-state index contributed by atoms with van der Waals surface area (Å²) in [6, 6.07) is 26.3. The number of halogens is 2.